The van der Waals surface area contributed by atoms with E-state index in [1.54, 1.807) is 7.05 Å². The third kappa shape index (κ3) is 5.22. The first-order chi connectivity index (χ1) is 8.19. The highest BCUT2D eigenvalue weighted by molar-refractivity contribution is 5.79. The third-order valence-electron chi connectivity index (χ3n) is 2.98. The first kappa shape index (κ1) is 14.0. The summed E-state index contributed by atoms with van der Waals surface area (Å²) in [5, 5.41) is 6.49. The molecule has 1 fully saturated rings. The van der Waals surface area contributed by atoms with E-state index < -0.39 is 0 Å². The SMILES string of the molecule is C=CCNC(=NC)NCCN(C(C)C)C1CC1. The second-order valence-electron chi connectivity index (χ2n) is 4.73. The van der Waals surface area contributed by atoms with Crippen LogP contribution in [0.25, 0.3) is 0 Å². The molecule has 0 heterocycles. The van der Waals surface area contributed by atoms with Crippen LogP contribution in [0.2, 0.25) is 0 Å². The molecule has 0 bridgehead atoms. The molecule has 0 aromatic heterocycles. The van der Waals surface area contributed by atoms with Crippen molar-refractivity contribution < 1.29 is 0 Å². The van der Waals surface area contributed by atoms with Crippen LogP contribution in [0.4, 0.5) is 0 Å². The van der Waals surface area contributed by atoms with E-state index in [-0.39, 0.29) is 0 Å². The molecule has 1 saturated carbocycles. The van der Waals surface area contributed by atoms with Gasteiger partial charge in [0, 0.05) is 38.8 Å². The number of aliphatic imine (C=N–C) groups is 1. The molecule has 0 aliphatic heterocycles. The van der Waals surface area contributed by atoms with Gasteiger partial charge in [-0.05, 0) is 26.7 Å². The van der Waals surface area contributed by atoms with Crippen LogP contribution in [0.15, 0.2) is 17.6 Å². The Morgan fingerprint density at radius 3 is 2.65 bits per heavy atom. The van der Waals surface area contributed by atoms with Crippen molar-refractivity contribution in [1.82, 2.24) is 15.5 Å². The van der Waals surface area contributed by atoms with Crippen LogP contribution in [0.1, 0.15) is 26.7 Å². The van der Waals surface area contributed by atoms with Crippen LogP contribution in [0, 0.1) is 0 Å². The van der Waals surface area contributed by atoms with Crippen molar-refractivity contribution >= 4 is 5.96 Å². The summed E-state index contributed by atoms with van der Waals surface area (Å²) in [6.45, 7) is 11.0. The maximum absolute atomic E-state index is 4.16. The Morgan fingerprint density at radius 1 is 1.47 bits per heavy atom. The van der Waals surface area contributed by atoms with Gasteiger partial charge in [0.1, 0.15) is 0 Å². The monoisotopic (exact) mass is 238 g/mol. The number of rotatable bonds is 7. The second-order valence-corrected chi connectivity index (χ2v) is 4.73. The van der Waals surface area contributed by atoms with Gasteiger partial charge in [-0.2, -0.15) is 0 Å². The quantitative estimate of drug-likeness (QED) is 0.398. The van der Waals surface area contributed by atoms with Gasteiger partial charge < -0.3 is 10.6 Å². The van der Waals surface area contributed by atoms with Crippen LogP contribution in [-0.4, -0.2) is 49.6 Å². The lowest BCUT2D eigenvalue weighted by Gasteiger charge is -2.26. The van der Waals surface area contributed by atoms with Crippen LogP contribution < -0.4 is 10.6 Å². The van der Waals surface area contributed by atoms with Crippen molar-refractivity contribution in [3.05, 3.63) is 12.7 Å². The van der Waals surface area contributed by atoms with Gasteiger partial charge in [-0.1, -0.05) is 6.08 Å². The van der Waals surface area contributed by atoms with Crippen LogP contribution in [0.5, 0.6) is 0 Å². The normalized spacial score (nSPS) is 16.4. The Balaban J connectivity index is 2.22. The molecular weight excluding hydrogens is 212 g/mol. The lowest BCUT2D eigenvalue weighted by molar-refractivity contribution is 0.215. The van der Waals surface area contributed by atoms with Crippen molar-refractivity contribution in [2.45, 2.75) is 38.8 Å². The van der Waals surface area contributed by atoms with Gasteiger partial charge in [-0.15, -0.1) is 6.58 Å². The molecule has 2 N–H and O–H groups in total. The summed E-state index contributed by atoms with van der Waals surface area (Å²) in [6, 6.07) is 1.45. The van der Waals surface area contributed by atoms with Crippen molar-refractivity contribution in [3.63, 3.8) is 0 Å². The second kappa shape index (κ2) is 7.33. The summed E-state index contributed by atoms with van der Waals surface area (Å²) >= 11 is 0. The zero-order valence-electron chi connectivity index (χ0n) is 11.4. The number of hydrogen-bond donors (Lipinski definition) is 2. The van der Waals surface area contributed by atoms with Crippen LogP contribution in [0.3, 0.4) is 0 Å². The van der Waals surface area contributed by atoms with Crippen molar-refractivity contribution in [2.75, 3.05) is 26.7 Å². The molecule has 98 valence electrons. The van der Waals surface area contributed by atoms with Gasteiger partial charge in [0.05, 0.1) is 0 Å². The van der Waals surface area contributed by atoms with Gasteiger partial charge in [0.15, 0.2) is 5.96 Å². The van der Waals surface area contributed by atoms with E-state index in [1.807, 2.05) is 6.08 Å². The fourth-order valence-electron chi connectivity index (χ4n) is 1.96. The molecule has 1 rings (SSSR count). The number of guanidine groups is 1. The molecule has 0 aromatic carbocycles. The summed E-state index contributed by atoms with van der Waals surface area (Å²) in [5.41, 5.74) is 0. The van der Waals surface area contributed by atoms with E-state index in [4.69, 9.17) is 0 Å². The predicted octanol–water partition coefficient (Wildman–Crippen LogP) is 1.21. The fourth-order valence-corrected chi connectivity index (χ4v) is 1.96. The van der Waals surface area contributed by atoms with Gasteiger partial charge in [0.2, 0.25) is 0 Å². The molecule has 1 aliphatic rings. The molecule has 0 atom stereocenters. The third-order valence-corrected chi connectivity index (χ3v) is 2.98. The largest absolute Gasteiger partial charge is 0.355 e. The summed E-state index contributed by atoms with van der Waals surface area (Å²) in [6.07, 6.45) is 4.56. The zero-order valence-corrected chi connectivity index (χ0v) is 11.4. The average molecular weight is 238 g/mol. The Kier molecular flexibility index (Phi) is 6.05. The maximum Gasteiger partial charge on any atom is 0.191 e. The minimum Gasteiger partial charge on any atom is -0.355 e. The van der Waals surface area contributed by atoms with E-state index in [2.05, 4.69) is 41.0 Å². The number of hydrogen-bond acceptors (Lipinski definition) is 2. The first-order valence-corrected chi connectivity index (χ1v) is 6.50. The summed E-state index contributed by atoms with van der Waals surface area (Å²) in [7, 11) is 1.79. The molecule has 0 spiro atoms. The van der Waals surface area contributed by atoms with E-state index in [9.17, 15) is 0 Å². The topological polar surface area (TPSA) is 39.7 Å². The van der Waals surface area contributed by atoms with Crippen LogP contribution in [-0.2, 0) is 0 Å². The van der Waals surface area contributed by atoms with Gasteiger partial charge in [-0.3, -0.25) is 9.89 Å². The molecule has 4 nitrogen and oxygen atoms in total. The van der Waals surface area contributed by atoms with Crippen molar-refractivity contribution in [3.8, 4) is 0 Å². The highest BCUT2D eigenvalue weighted by atomic mass is 15.2. The average Bonchev–Trinajstić information content (AvgIpc) is 3.12. The van der Waals surface area contributed by atoms with Crippen molar-refractivity contribution in [1.29, 1.82) is 0 Å². The van der Waals surface area contributed by atoms with Gasteiger partial charge in [0.25, 0.3) is 0 Å². The minimum atomic E-state index is 0.632. The molecule has 0 saturated heterocycles. The molecule has 0 radical (unpaired) electrons. The highest BCUT2D eigenvalue weighted by Crippen LogP contribution is 2.27. The smallest absolute Gasteiger partial charge is 0.191 e. The number of nitrogens with zero attached hydrogens (tertiary/aromatic N) is 2. The fraction of sp³-hybridized carbons (Fsp3) is 0.769. The molecular formula is C13H26N4. The zero-order chi connectivity index (χ0) is 12.7. The minimum absolute atomic E-state index is 0.632. The van der Waals surface area contributed by atoms with E-state index in [0.717, 1.165) is 31.6 Å². The predicted molar refractivity (Wildman–Crippen MR) is 74.4 cm³/mol. The standard InChI is InChI=1S/C13H26N4/c1-5-8-15-13(14-4)16-9-10-17(11(2)3)12-6-7-12/h5,11-12H,1,6-10H2,2-4H3,(H2,14,15,16). The molecule has 0 amide bonds. The van der Waals surface area contributed by atoms with E-state index in [0.29, 0.717) is 6.04 Å². The Bertz CT molecular complexity index is 254. The van der Waals surface area contributed by atoms with E-state index in [1.165, 1.54) is 12.8 Å². The van der Waals surface area contributed by atoms with E-state index >= 15 is 0 Å². The molecule has 0 aromatic rings. The lowest BCUT2D eigenvalue weighted by Crippen LogP contribution is -2.43. The van der Waals surface area contributed by atoms with Crippen molar-refractivity contribution in [2.24, 2.45) is 4.99 Å². The van der Waals surface area contributed by atoms with Crippen LogP contribution >= 0.6 is 0 Å². The lowest BCUT2D eigenvalue weighted by atomic mass is 10.3. The maximum atomic E-state index is 4.16. The Hall–Kier alpha value is -1.03. The Morgan fingerprint density at radius 2 is 2.18 bits per heavy atom. The first-order valence-electron chi connectivity index (χ1n) is 6.50. The summed E-state index contributed by atoms with van der Waals surface area (Å²) < 4.78 is 0. The van der Waals surface area contributed by atoms with Gasteiger partial charge >= 0.3 is 0 Å². The molecule has 1 aliphatic carbocycles. The highest BCUT2D eigenvalue weighted by Gasteiger charge is 2.29. The summed E-state index contributed by atoms with van der Waals surface area (Å²) in [4.78, 5) is 6.72. The molecule has 0 unspecified atom stereocenters. The number of nitrogens with one attached hydrogen (secondary N) is 2. The summed E-state index contributed by atoms with van der Waals surface area (Å²) in [5.74, 6) is 0.851. The Labute approximate surface area is 105 Å². The molecule has 4 heteroatoms. The molecule has 17 heavy (non-hydrogen) atoms. The van der Waals surface area contributed by atoms with Gasteiger partial charge in [-0.25, -0.2) is 0 Å².